The maximum absolute atomic E-state index is 13.2. The summed E-state index contributed by atoms with van der Waals surface area (Å²) < 4.78 is 33.6. The Kier molecular flexibility index (Phi) is 6.64. The molecule has 0 saturated carbocycles. The number of amides is 1. The van der Waals surface area contributed by atoms with Gasteiger partial charge in [0.05, 0.1) is 33.7 Å². The van der Waals surface area contributed by atoms with Crippen molar-refractivity contribution in [3.8, 4) is 0 Å². The van der Waals surface area contributed by atoms with Crippen molar-refractivity contribution in [2.45, 2.75) is 24.7 Å². The van der Waals surface area contributed by atoms with E-state index in [1.165, 1.54) is 33.8 Å². The van der Waals surface area contributed by atoms with Crippen LogP contribution in [0.25, 0.3) is 10.1 Å². The Morgan fingerprint density at radius 1 is 1.19 bits per heavy atom. The second kappa shape index (κ2) is 9.26. The largest absolute Gasteiger partial charge is 0.379 e. The number of nitrogens with one attached hydrogen (secondary N) is 1. The van der Waals surface area contributed by atoms with E-state index in [0.29, 0.717) is 31.2 Å². The molecular weight excluding hydrogens is 456 g/mol. The summed E-state index contributed by atoms with van der Waals surface area (Å²) in [5.74, 6) is -0.285. The lowest BCUT2D eigenvalue weighted by molar-refractivity contribution is 0.0730. The van der Waals surface area contributed by atoms with Crippen LogP contribution in [0.2, 0.25) is 5.02 Å². The Bertz CT molecular complexity index is 1220. The van der Waals surface area contributed by atoms with Crippen molar-refractivity contribution in [1.29, 1.82) is 0 Å². The predicted molar refractivity (Wildman–Crippen MR) is 125 cm³/mol. The molecule has 4 rings (SSSR count). The molecular formula is C22H23ClN2O4S2. The SMILES string of the molecule is CCCc1c(C(=O)Nc2cc(S(=O)(=O)N3CCOCC3)ccc2Cl)sc2ccccc12. The highest BCUT2D eigenvalue weighted by Gasteiger charge is 2.27. The van der Waals surface area contributed by atoms with E-state index in [4.69, 9.17) is 16.3 Å². The molecule has 2 aromatic carbocycles. The number of morpholine rings is 1. The Hall–Kier alpha value is -1.97. The maximum Gasteiger partial charge on any atom is 0.266 e. The molecule has 0 atom stereocenters. The van der Waals surface area contributed by atoms with Crippen molar-refractivity contribution < 1.29 is 17.9 Å². The number of benzene rings is 2. The molecule has 2 heterocycles. The summed E-state index contributed by atoms with van der Waals surface area (Å²) >= 11 is 7.74. The van der Waals surface area contributed by atoms with E-state index in [1.807, 2.05) is 24.3 Å². The monoisotopic (exact) mass is 478 g/mol. The average Bonchev–Trinajstić information content (AvgIpc) is 3.15. The standard InChI is InChI=1S/C22H23ClN2O4S2/c1-2-5-17-16-6-3-4-7-20(16)30-21(17)22(26)24-19-14-15(8-9-18(19)23)31(27,28)25-10-12-29-13-11-25/h3-4,6-9,14H,2,5,10-13H2,1H3,(H,24,26). The first kappa shape index (κ1) is 22.2. The van der Waals surface area contributed by atoms with Crippen LogP contribution in [0, 0.1) is 0 Å². The van der Waals surface area contributed by atoms with Crippen LogP contribution in [0.15, 0.2) is 47.4 Å². The van der Waals surface area contributed by atoms with Crippen LogP contribution in [0.5, 0.6) is 0 Å². The number of hydrogen-bond acceptors (Lipinski definition) is 5. The molecule has 1 aliphatic heterocycles. The molecule has 0 aliphatic carbocycles. The topological polar surface area (TPSA) is 75.7 Å². The molecule has 9 heteroatoms. The molecule has 3 aromatic rings. The maximum atomic E-state index is 13.2. The number of halogens is 1. The molecule has 0 bridgehead atoms. The number of fused-ring (bicyclic) bond motifs is 1. The van der Waals surface area contributed by atoms with Gasteiger partial charge in [0.2, 0.25) is 10.0 Å². The fourth-order valence-corrected chi connectivity index (χ4v) is 6.40. The van der Waals surface area contributed by atoms with Crippen molar-refractivity contribution in [2.75, 3.05) is 31.6 Å². The number of sulfonamides is 1. The van der Waals surface area contributed by atoms with Gasteiger partial charge in [-0.1, -0.05) is 43.1 Å². The van der Waals surface area contributed by atoms with Gasteiger partial charge in [0.1, 0.15) is 0 Å². The summed E-state index contributed by atoms with van der Waals surface area (Å²) in [7, 11) is -3.69. The Labute approximate surface area is 190 Å². The van der Waals surface area contributed by atoms with E-state index in [2.05, 4.69) is 12.2 Å². The molecule has 1 aromatic heterocycles. The van der Waals surface area contributed by atoms with Crippen LogP contribution >= 0.6 is 22.9 Å². The fraction of sp³-hybridized carbons (Fsp3) is 0.318. The fourth-order valence-electron chi connectivity index (χ4n) is 3.66. The lowest BCUT2D eigenvalue weighted by Crippen LogP contribution is -2.40. The zero-order valence-corrected chi connectivity index (χ0v) is 19.4. The lowest BCUT2D eigenvalue weighted by Gasteiger charge is -2.26. The van der Waals surface area contributed by atoms with Crippen LogP contribution in [-0.2, 0) is 21.2 Å². The Morgan fingerprint density at radius 3 is 2.68 bits per heavy atom. The third kappa shape index (κ3) is 4.49. The number of carbonyl (C=O) groups excluding carboxylic acids is 1. The van der Waals surface area contributed by atoms with Gasteiger partial charge in [0.25, 0.3) is 5.91 Å². The van der Waals surface area contributed by atoms with E-state index in [1.54, 1.807) is 0 Å². The highest BCUT2D eigenvalue weighted by atomic mass is 35.5. The summed E-state index contributed by atoms with van der Waals surface area (Å²) in [6.45, 7) is 3.40. The third-order valence-electron chi connectivity index (χ3n) is 5.20. The summed E-state index contributed by atoms with van der Waals surface area (Å²) in [5.41, 5.74) is 1.29. The van der Waals surface area contributed by atoms with Gasteiger partial charge in [0.15, 0.2) is 0 Å². The van der Waals surface area contributed by atoms with Gasteiger partial charge < -0.3 is 10.1 Å². The molecule has 164 valence electrons. The van der Waals surface area contributed by atoms with Crippen molar-refractivity contribution in [3.05, 3.63) is 57.9 Å². The van der Waals surface area contributed by atoms with Crippen LogP contribution in [0.4, 0.5) is 5.69 Å². The van der Waals surface area contributed by atoms with Crippen LogP contribution < -0.4 is 5.32 Å². The number of thiophene rings is 1. The van der Waals surface area contributed by atoms with E-state index in [-0.39, 0.29) is 21.5 Å². The highest BCUT2D eigenvalue weighted by molar-refractivity contribution is 7.89. The van der Waals surface area contributed by atoms with Gasteiger partial charge in [-0.2, -0.15) is 4.31 Å². The minimum atomic E-state index is -3.69. The van der Waals surface area contributed by atoms with Crippen molar-refractivity contribution >= 4 is 54.6 Å². The zero-order valence-electron chi connectivity index (χ0n) is 17.1. The lowest BCUT2D eigenvalue weighted by atomic mass is 10.1. The second-order valence-electron chi connectivity index (χ2n) is 7.27. The highest BCUT2D eigenvalue weighted by Crippen LogP contribution is 2.34. The molecule has 1 N–H and O–H groups in total. The van der Waals surface area contributed by atoms with Gasteiger partial charge in [-0.3, -0.25) is 4.79 Å². The van der Waals surface area contributed by atoms with Gasteiger partial charge in [-0.05, 0) is 41.6 Å². The van der Waals surface area contributed by atoms with E-state index in [9.17, 15) is 13.2 Å². The van der Waals surface area contributed by atoms with Crippen molar-refractivity contribution in [1.82, 2.24) is 4.31 Å². The number of carbonyl (C=O) groups is 1. The van der Waals surface area contributed by atoms with Crippen molar-refractivity contribution in [3.63, 3.8) is 0 Å². The molecule has 1 fully saturated rings. The molecule has 1 aliphatic rings. The first-order valence-corrected chi connectivity index (χ1v) is 12.7. The van der Waals surface area contributed by atoms with Gasteiger partial charge in [0, 0.05) is 17.8 Å². The van der Waals surface area contributed by atoms with E-state index < -0.39 is 10.0 Å². The molecule has 0 radical (unpaired) electrons. The van der Waals surface area contributed by atoms with E-state index in [0.717, 1.165) is 28.5 Å². The van der Waals surface area contributed by atoms with Crippen LogP contribution in [0.3, 0.4) is 0 Å². The molecule has 6 nitrogen and oxygen atoms in total. The molecule has 1 saturated heterocycles. The zero-order chi connectivity index (χ0) is 22.0. The number of hydrogen-bond donors (Lipinski definition) is 1. The smallest absolute Gasteiger partial charge is 0.266 e. The third-order valence-corrected chi connectivity index (χ3v) is 8.63. The van der Waals surface area contributed by atoms with Gasteiger partial charge in [-0.15, -0.1) is 11.3 Å². The molecule has 0 unspecified atom stereocenters. The van der Waals surface area contributed by atoms with Crippen LogP contribution in [0.1, 0.15) is 28.6 Å². The molecule has 1 amide bonds. The number of ether oxygens (including phenoxy) is 1. The number of rotatable bonds is 6. The average molecular weight is 479 g/mol. The van der Waals surface area contributed by atoms with Crippen LogP contribution in [-0.4, -0.2) is 44.9 Å². The summed E-state index contributed by atoms with van der Waals surface area (Å²) in [4.78, 5) is 13.9. The summed E-state index contributed by atoms with van der Waals surface area (Å²) in [6, 6.07) is 12.3. The second-order valence-corrected chi connectivity index (χ2v) is 10.7. The van der Waals surface area contributed by atoms with E-state index >= 15 is 0 Å². The summed E-state index contributed by atoms with van der Waals surface area (Å²) in [5, 5.41) is 4.20. The Morgan fingerprint density at radius 2 is 1.94 bits per heavy atom. The van der Waals surface area contributed by atoms with Crippen molar-refractivity contribution in [2.24, 2.45) is 0 Å². The normalized spacial score (nSPS) is 15.3. The first-order chi connectivity index (χ1) is 14.9. The quantitative estimate of drug-likeness (QED) is 0.553. The number of anilines is 1. The summed E-state index contributed by atoms with van der Waals surface area (Å²) in [6.07, 6.45) is 1.70. The minimum Gasteiger partial charge on any atom is -0.379 e. The molecule has 0 spiro atoms. The minimum absolute atomic E-state index is 0.0965. The predicted octanol–water partition coefficient (Wildman–Crippen LogP) is 4.78. The number of aryl methyl sites for hydroxylation is 1. The first-order valence-electron chi connectivity index (χ1n) is 10.1. The number of nitrogens with zero attached hydrogens (tertiary/aromatic N) is 1. The van der Waals surface area contributed by atoms with Gasteiger partial charge >= 0.3 is 0 Å². The Balaban J connectivity index is 1.65. The van der Waals surface area contributed by atoms with Gasteiger partial charge in [-0.25, -0.2) is 8.42 Å². The molecule has 31 heavy (non-hydrogen) atoms.